The van der Waals surface area contributed by atoms with E-state index in [1.807, 2.05) is 18.2 Å². The average Bonchev–Trinajstić information content (AvgIpc) is 2.97. The van der Waals surface area contributed by atoms with Crippen LogP contribution in [0.3, 0.4) is 0 Å². The van der Waals surface area contributed by atoms with Crippen molar-refractivity contribution in [1.29, 1.82) is 0 Å². The van der Waals surface area contributed by atoms with E-state index in [9.17, 15) is 20.1 Å². The largest absolute Gasteiger partial charge is 0.506 e. The number of para-hydroxylation sites is 2. The van der Waals surface area contributed by atoms with E-state index in [0.717, 1.165) is 16.8 Å². The number of aromatic hydroxyl groups is 1. The summed E-state index contributed by atoms with van der Waals surface area (Å²) in [6.45, 7) is 0. The number of aliphatic hydroxyl groups is 1. The molecule has 2 unspecified atom stereocenters. The Morgan fingerprint density at radius 2 is 1.58 bits per heavy atom. The number of phenolic OH excluding ortho intramolecular Hbond substituents is 1. The zero-order valence-corrected chi connectivity index (χ0v) is 17.1. The van der Waals surface area contributed by atoms with Gasteiger partial charge in [0.15, 0.2) is 0 Å². The lowest BCUT2D eigenvalue weighted by Crippen LogP contribution is -2.28. The molecule has 0 amide bonds. The van der Waals surface area contributed by atoms with Gasteiger partial charge in [-0.3, -0.25) is 0 Å². The van der Waals surface area contributed by atoms with Gasteiger partial charge >= 0.3 is 5.97 Å². The van der Waals surface area contributed by atoms with E-state index in [1.165, 1.54) is 6.07 Å². The van der Waals surface area contributed by atoms with Gasteiger partial charge in [-0.05, 0) is 47.5 Å². The third-order valence-corrected chi connectivity index (χ3v) is 6.87. The highest BCUT2D eigenvalue weighted by atomic mass is 16.4. The first-order chi connectivity index (χ1) is 16.0. The highest BCUT2D eigenvalue weighted by molar-refractivity contribution is 6.02. The second kappa shape index (κ2) is 6.20. The maximum absolute atomic E-state index is 11.7. The molecule has 2 aliphatic rings. The molecule has 0 spiro atoms. The molecule has 0 radical (unpaired) electrons. The quantitative estimate of drug-likeness (QED) is 0.342. The molecule has 7 rings (SSSR count). The summed E-state index contributed by atoms with van der Waals surface area (Å²) in [4.78, 5) is 30.4. The molecule has 3 N–H and O–H groups in total. The molecule has 2 heterocycles. The fraction of sp³-hybridized carbons (Fsp3) is 0.160. The first kappa shape index (κ1) is 18.4. The summed E-state index contributed by atoms with van der Waals surface area (Å²) in [5, 5.41) is 31.0. The molecule has 2 aromatic heterocycles. The van der Waals surface area contributed by atoms with Crippen molar-refractivity contribution in [3.8, 4) is 5.75 Å². The van der Waals surface area contributed by atoms with E-state index in [0.29, 0.717) is 45.2 Å². The van der Waals surface area contributed by atoms with Crippen LogP contribution in [-0.2, 0) is 6.42 Å². The van der Waals surface area contributed by atoms with Crippen molar-refractivity contribution in [2.24, 2.45) is 0 Å². The number of hydrogen-bond acceptors (Lipinski definition) is 7. The molecule has 0 aliphatic heterocycles. The summed E-state index contributed by atoms with van der Waals surface area (Å²) in [5.41, 5.74) is 6.53. The molecule has 5 aromatic rings. The lowest BCUT2D eigenvalue weighted by Gasteiger charge is -2.27. The standard InChI is InChI=1S/C25H16N4O4/c30-19-6-2-5-15-22(19)29-23-18(27-15)9-13-11-7-16-17(8-12(11)20(23)24(13)31)28-21-10(25(32)33)3-1-4-14(21)26-16/h1-8,13,20,24,30-31H,9H2,(H,32,33)/t13?,20?,24-/m0/s1. The summed E-state index contributed by atoms with van der Waals surface area (Å²) in [5.74, 6) is -1.55. The molecule has 0 fully saturated rings. The van der Waals surface area contributed by atoms with Crippen LogP contribution in [0.15, 0.2) is 48.5 Å². The van der Waals surface area contributed by atoms with Gasteiger partial charge in [0.2, 0.25) is 0 Å². The number of nitrogens with zero attached hydrogens (tertiary/aromatic N) is 4. The minimum Gasteiger partial charge on any atom is -0.506 e. The van der Waals surface area contributed by atoms with Gasteiger partial charge in [0.1, 0.15) is 16.8 Å². The molecule has 0 saturated heterocycles. The van der Waals surface area contributed by atoms with Crippen LogP contribution in [-0.4, -0.2) is 47.3 Å². The Labute approximate surface area is 186 Å². The lowest BCUT2D eigenvalue weighted by atomic mass is 9.84. The van der Waals surface area contributed by atoms with Crippen LogP contribution in [0.25, 0.3) is 33.1 Å². The van der Waals surface area contributed by atoms with Gasteiger partial charge in [-0.2, -0.15) is 0 Å². The lowest BCUT2D eigenvalue weighted by molar-refractivity contribution is 0.0698. The number of rotatable bonds is 1. The van der Waals surface area contributed by atoms with E-state index < -0.39 is 18.0 Å². The number of aliphatic hydroxyl groups excluding tert-OH is 1. The van der Waals surface area contributed by atoms with E-state index in [1.54, 1.807) is 24.3 Å². The molecule has 8 nitrogen and oxygen atoms in total. The smallest absolute Gasteiger partial charge is 0.337 e. The Balaban J connectivity index is 1.49. The van der Waals surface area contributed by atoms with Crippen molar-refractivity contribution in [3.63, 3.8) is 0 Å². The zero-order chi connectivity index (χ0) is 22.4. The SMILES string of the molecule is O=C(O)c1cccc2nc3cc4c(cc3nc12)C1c2nc3c(O)cccc3nc2CC4[C@@H]1O. The normalized spacial score (nSPS) is 20.8. The second-order valence-corrected chi connectivity index (χ2v) is 8.65. The van der Waals surface area contributed by atoms with Crippen LogP contribution >= 0.6 is 0 Å². The molecule has 33 heavy (non-hydrogen) atoms. The number of aromatic nitrogens is 4. The average molecular weight is 436 g/mol. The first-order valence-electron chi connectivity index (χ1n) is 10.6. The van der Waals surface area contributed by atoms with Crippen LogP contribution in [0, 0.1) is 0 Å². The number of carboxylic acids is 1. The maximum atomic E-state index is 11.7. The minimum atomic E-state index is -1.06. The predicted molar refractivity (Wildman–Crippen MR) is 120 cm³/mol. The van der Waals surface area contributed by atoms with Crippen molar-refractivity contribution in [2.75, 3.05) is 0 Å². The maximum Gasteiger partial charge on any atom is 0.337 e. The predicted octanol–water partition coefficient (Wildman–Crippen LogP) is 3.28. The molecule has 8 heteroatoms. The minimum absolute atomic E-state index is 0.0506. The number of phenols is 1. The van der Waals surface area contributed by atoms with E-state index in [-0.39, 0.29) is 17.2 Å². The summed E-state index contributed by atoms with van der Waals surface area (Å²) in [6.07, 6.45) is -0.139. The van der Waals surface area contributed by atoms with Crippen LogP contribution in [0.1, 0.15) is 44.7 Å². The Kier molecular flexibility index (Phi) is 3.46. The van der Waals surface area contributed by atoms with Crippen molar-refractivity contribution in [1.82, 2.24) is 19.9 Å². The van der Waals surface area contributed by atoms with Crippen molar-refractivity contribution in [2.45, 2.75) is 24.4 Å². The number of aromatic carboxylic acids is 1. The van der Waals surface area contributed by atoms with Gasteiger partial charge in [-0.1, -0.05) is 12.1 Å². The Hall–Kier alpha value is -4.17. The fourth-order valence-electron chi connectivity index (χ4n) is 5.40. The van der Waals surface area contributed by atoms with Crippen molar-refractivity contribution < 1.29 is 20.1 Å². The highest BCUT2D eigenvalue weighted by Gasteiger charge is 2.47. The van der Waals surface area contributed by atoms with Crippen molar-refractivity contribution >= 4 is 39.1 Å². The number of benzene rings is 3. The van der Waals surface area contributed by atoms with Gasteiger partial charge in [0.05, 0.1) is 51.0 Å². The topological polar surface area (TPSA) is 129 Å². The van der Waals surface area contributed by atoms with E-state index in [2.05, 4.69) is 9.97 Å². The molecular weight excluding hydrogens is 420 g/mol. The number of carbonyl (C=O) groups is 1. The number of fused-ring (bicyclic) bond motifs is 10. The second-order valence-electron chi connectivity index (χ2n) is 8.65. The Morgan fingerprint density at radius 1 is 0.848 bits per heavy atom. The van der Waals surface area contributed by atoms with Gasteiger partial charge in [0, 0.05) is 12.3 Å². The summed E-state index contributed by atoms with van der Waals surface area (Å²) >= 11 is 0. The molecule has 3 atom stereocenters. The monoisotopic (exact) mass is 436 g/mol. The van der Waals surface area contributed by atoms with Crippen LogP contribution in [0.2, 0.25) is 0 Å². The third kappa shape index (κ3) is 2.41. The molecule has 3 aromatic carbocycles. The summed E-state index contributed by atoms with van der Waals surface area (Å²) < 4.78 is 0. The Bertz CT molecular complexity index is 1680. The first-order valence-corrected chi connectivity index (χ1v) is 10.6. The highest BCUT2D eigenvalue weighted by Crippen LogP contribution is 2.52. The summed E-state index contributed by atoms with van der Waals surface area (Å²) in [6, 6.07) is 13.9. The van der Waals surface area contributed by atoms with Crippen LogP contribution in [0.5, 0.6) is 5.75 Å². The van der Waals surface area contributed by atoms with Gasteiger partial charge in [-0.15, -0.1) is 0 Å². The molecule has 2 bridgehead atoms. The summed E-state index contributed by atoms with van der Waals surface area (Å²) in [7, 11) is 0. The number of hydrogen-bond donors (Lipinski definition) is 3. The van der Waals surface area contributed by atoms with Gasteiger partial charge in [0.25, 0.3) is 0 Å². The van der Waals surface area contributed by atoms with Gasteiger partial charge in [-0.25, -0.2) is 24.7 Å². The zero-order valence-electron chi connectivity index (χ0n) is 17.1. The van der Waals surface area contributed by atoms with Crippen LogP contribution < -0.4 is 0 Å². The fourth-order valence-corrected chi connectivity index (χ4v) is 5.40. The Morgan fingerprint density at radius 3 is 2.39 bits per heavy atom. The number of carboxylic acid groups (broad SMARTS) is 1. The molecular formula is C25H16N4O4. The van der Waals surface area contributed by atoms with Gasteiger partial charge < -0.3 is 15.3 Å². The molecule has 160 valence electrons. The molecule has 2 aliphatic carbocycles. The van der Waals surface area contributed by atoms with E-state index in [4.69, 9.17) is 9.97 Å². The molecule has 0 saturated carbocycles. The van der Waals surface area contributed by atoms with Crippen molar-refractivity contribution in [3.05, 3.63) is 76.6 Å². The van der Waals surface area contributed by atoms with E-state index >= 15 is 0 Å². The van der Waals surface area contributed by atoms with Crippen LogP contribution in [0.4, 0.5) is 0 Å². The third-order valence-electron chi connectivity index (χ3n) is 6.87.